The van der Waals surface area contributed by atoms with Crippen LogP contribution >= 0.6 is 0 Å². The lowest BCUT2D eigenvalue weighted by Crippen LogP contribution is -2.49. The monoisotopic (exact) mass is 364 g/mol. The number of methoxy groups -OCH3 is 1. The fourth-order valence-corrected chi connectivity index (χ4v) is 2.60. The third kappa shape index (κ3) is 6.38. The van der Waals surface area contributed by atoms with E-state index in [-0.39, 0.29) is 6.54 Å². The van der Waals surface area contributed by atoms with Gasteiger partial charge in [-0.1, -0.05) is 17.7 Å². The first-order chi connectivity index (χ1) is 11.9. The molecule has 0 aliphatic rings. The molecule has 0 unspecified atom stereocenters. The van der Waals surface area contributed by atoms with Crippen LogP contribution in [0, 0.1) is 20.8 Å². The number of carbonyl (C=O) groups excluding carboxylic acids is 3. The van der Waals surface area contributed by atoms with E-state index >= 15 is 0 Å². The van der Waals surface area contributed by atoms with Crippen LogP contribution in [0.2, 0.25) is 0 Å². The van der Waals surface area contributed by atoms with Gasteiger partial charge in [-0.15, -0.1) is 0 Å². The highest BCUT2D eigenvalue weighted by atomic mass is 16.6. The first kappa shape index (κ1) is 21.5. The maximum Gasteiger partial charge on any atom is 0.407 e. The number of nitrogens with one attached hydrogen (secondary N) is 2. The number of hydrogen-bond acceptors (Lipinski definition) is 5. The SMILES string of the molecule is COC(=O)[C@H](CNC(=O)OC(C)(C)C)NC(=O)c1c(C)cc(C)cc1C. The van der Waals surface area contributed by atoms with Gasteiger partial charge in [0.05, 0.1) is 13.7 Å². The summed E-state index contributed by atoms with van der Waals surface area (Å²) in [6.45, 7) is 10.7. The molecule has 2 amide bonds. The van der Waals surface area contributed by atoms with Crippen LogP contribution in [-0.2, 0) is 14.3 Å². The average Bonchev–Trinajstić information content (AvgIpc) is 2.47. The molecular weight excluding hydrogens is 336 g/mol. The molecule has 0 spiro atoms. The highest BCUT2D eigenvalue weighted by molar-refractivity contribution is 5.99. The molecule has 1 aromatic carbocycles. The second-order valence-electron chi connectivity index (χ2n) is 7.21. The van der Waals surface area contributed by atoms with Crippen LogP contribution in [0.25, 0.3) is 0 Å². The fourth-order valence-electron chi connectivity index (χ4n) is 2.60. The molecule has 144 valence electrons. The van der Waals surface area contributed by atoms with E-state index in [1.165, 1.54) is 7.11 Å². The van der Waals surface area contributed by atoms with Crippen molar-refractivity contribution in [3.63, 3.8) is 0 Å². The molecule has 0 radical (unpaired) electrons. The van der Waals surface area contributed by atoms with Crippen molar-refractivity contribution in [3.8, 4) is 0 Å². The number of esters is 1. The number of alkyl carbamates (subject to hydrolysis) is 1. The summed E-state index contributed by atoms with van der Waals surface area (Å²) < 4.78 is 9.84. The summed E-state index contributed by atoms with van der Waals surface area (Å²) >= 11 is 0. The number of ether oxygens (including phenoxy) is 2. The van der Waals surface area contributed by atoms with Gasteiger partial charge < -0.3 is 20.1 Å². The molecule has 7 nitrogen and oxygen atoms in total. The Labute approximate surface area is 154 Å². The Hall–Kier alpha value is -2.57. The van der Waals surface area contributed by atoms with Gasteiger partial charge in [0, 0.05) is 5.56 Å². The van der Waals surface area contributed by atoms with E-state index in [2.05, 4.69) is 10.6 Å². The maximum absolute atomic E-state index is 12.6. The summed E-state index contributed by atoms with van der Waals surface area (Å²) in [5.41, 5.74) is 2.51. The number of amides is 2. The van der Waals surface area contributed by atoms with Crippen LogP contribution in [0.5, 0.6) is 0 Å². The Morgan fingerprint density at radius 3 is 2.08 bits per heavy atom. The van der Waals surface area contributed by atoms with Crippen molar-refractivity contribution in [2.24, 2.45) is 0 Å². The van der Waals surface area contributed by atoms with Crippen LogP contribution in [0.4, 0.5) is 4.79 Å². The smallest absolute Gasteiger partial charge is 0.407 e. The zero-order valence-corrected chi connectivity index (χ0v) is 16.5. The summed E-state index contributed by atoms with van der Waals surface area (Å²) in [6, 6.07) is 2.77. The lowest BCUT2D eigenvalue weighted by atomic mass is 9.99. The number of benzene rings is 1. The molecule has 1 rings (SSSR count). The van der Waals surface area contributed by atoms with Gasteiger partial charge >= 0.3 is 12.1 Å². The van der Waals surface area contributed by atoms with E-state index < -0.39 is 29.6 Å². The molecule has 7 heteroatoms. The number of carbonyl (C=O) groups is 3. The van der Waals surface area contributed by atoms with Gasteiger partial charge in [-0.05, 0) is 52.7 Å². The van der Waals surface area contributed by atoms with Gasteiger partial charge in [-0.25, -0.2) is 9.59 Å². The minimum absolute atomic E-state index is 0.142. The van der Waals surface area contributed by atoms with Gasteiger partial charge in [0.25, 0.3) is 5.91 Å². The molecule has 0 aromatic heterocycles. The average molecular weight is 364 g/mol. The molecule has 0 aliphatic carbocycles. The second kappa shape index (κ2) is 8.69. The standard InChI is InChI=1S/C19H28N2O5/c1-11-8-12(2)15(13(3)9-11)16(22)21-14(17(23)25-7)10-20-18(24)26-19(4,5)6/h8-9,14H,10H2,1-7H3,(H,20,24)(H,21,22)/t14-/m0/s1. The number of hydrogen-bond donors (Lipinski definition) is 2. The van der Waals surface area contributed by atoms with Crippen LogP contribution < -0.4 is 10.6 Å². The molecule has 0 heterocycles. The molecule has 0 fully saturated rings. The molecule has 1 atom stereocenters. The first-order valence-electron chi connectivity index (χ1n) is 8.38. The van der Waals surface area contributed by atoms with Crippen molar-refractivity contribution in [1.29, 1.82) is 0 Å². The summed E-state index contributed by atoms with van der Waals surface area (Å²) in [5, 5.41) is 5.09. The highest BCUT2D eigenvalue weighted by Crippen LogP contribution is 2.16. The van der Waals surface area contributed by atoms with Crippen molar-refractivity contribution < 1.29 is 23.9 Å². The van der Waals surface area contributed by atoms with Gasteiger partial charge in [0.2, 0.25) is 0 Å². The van der Waals surface area contributed by atoms with E-state index in [1.807, 2.05) is 32.9 Å². The Balaban J connectivity index is 2.87. The van der Waals surface area contributed by atoms with Crippen LogP contribution in [0.1, 0.15) is 47.8 Å². The van der Waals surface area contributed by atoms with Gasteiger partial charge in [-0.3, -0.25) is 4.79 Å². The Morgan fingerprint density at radius 1 is 1.08 bits per heavy atom. The summed E-state index contributed by atoms with van der Waals surface area (Å²) in [4.78, 5) is 36.4. The van der Waals surface area contributed by atoms with E-state index in [0.29, 0.717) is 5.56 Å². The van der Waals surface area contributed by atoms with Crippen molar-refractivity contribution in [3.05, 3.63) is 34.4 Å². The predicted octanol–water partition coefficient (Wildman–Crippen LogP) is 2.41. The lowest BCUT2D eigenvalue weighted by molar-refractivity contribution is -0.142. The highest BCUT2D eigenvalue weighted by Gasteiger charge is 2.25. The number of rotatable bonds is 5. The third-order valence-corrected chi connectivity index (χ3v) is 3.54. The molecule has 26 heavy (non-hydrogen) atoms. The largest absolute Gasteiger partial charge is 0.467 e. The molecule has 0 saturated carbocycles. The molecular formula is C19H28N2O5. The second-order valence-corrected chi connectivity index (χ2v) is 7.21. The van der Waals surface area contributed by atoms with E-state index in [1.54, 1.807) is 20.8 Å². The van der Waals surface area contributed by atoms with Gasteiger partial charge in [0.15, 0.2) is 0 Å². The van der Waals surface area contributed by atoms with Gasteiger partial charge in [-0.2, -0.15) is 0 Å². The summed E-state index contributed by atoms with van der Waals surface area (Å²) in [7, 11) is 1.22. The predicted molar refractivity (Wildman–Crippen MR) is 98.2 cm³/mol. The van der Waals surface area contributed by atoms with E-state index in [0.717, 1.165) is 16.7 Å². The zero-order chi connectivity index (χ0) is 20.1. The minimum atomic E-state index is -1.03. The number of aryl methyl sites for hydroxylation is 3. The Bertz CT molecular complexity index is 669. The molecule has 0 bridgehead atoms. The normalized spacial score (nSPS) is 12.1. The maximum atomic E-state index is 12.6. The minimum Gasteiger partial charge on any atom is -0.467 e. The van der Waals surface area contributed by atoms with Crippen molar-refractivity contribution in [1.82, 2.24) is 10.6 Å². The summed E-state index contributed by atoms with van der Waals surface area (Å²) in [5.74, 6) is -1.06. The van der Waals surface area contributed by atoms with Crippen LogP contribution in [-0.4, -0.2) is 43.3 Å². The first-order valence-corrected chi connectivity index (χ1v) is 8.38. The van der Waals surface area contributed by atoms with Crippen LogP contribution in [0.15, 0.2) is 12.1 Å². The van der Waals surface area contributed by atoms with Gasteiger partial charge in [0.1, 0.15) is 11.6 Å². The lowest BCUT2D eigenvalue weighted by Gasteiger charge is -2.22. The van der Waals surface area contributed by atoms with Crippen molar-refractivity contribution in [2.45, 2.75) is 53.2 Å². The summed E-state index contributed by atoms with van der Waals surface area (Å²) in [6.07, 6.45) is -0.677. The molecule has 1 aromatic rings. The Morgan fingerprint density at radius 2 is 1.62 bits per heavy atom. The molecule has 2 N–H and O–H groups in total. The van der Waals surface area contributed by atoms with E-state index in [4.69, 9.17) is 9.47 Å². The van der Waals surface area contributed by atoms with Crippen molar-refractivity contribution in [2.75, 3.05) is 13.7 Å². The van der Waals surface area contributed by atoms with Crippen molar-refractivity contribution >= 4 is 18.0 Å². The van der Waals surface area contributed by atoms with Crippen LogP contribution in [0.3, 0.4) is 0 Å². The Kier molecular flexibility index (Phi) is 7.18. The zero-order valence-electron chi connectivity index (χ0n) is 16.5. The fraction of sp³-hybridized carbons (Fsp3) is 0.526. The molecule has 0 aliphatic heterocycles. The quantitative estimate of drug-likeness (QED) is 0.783. The topological polar surface area (TPSA) is 93.7 Å². The van der Waals surface area contributed by atoms with E-state index in [9.17, 15) is 14.4 Å². The third-order valence-electron chi connectivity index (χ3n) is 3.54. The molecule has 0 saturated heterocycles.